The van der Waals surface area contributed by atoms with Crippen LogP contribution in [0.15, 0.2) is 82.6 Å². The molecule has 7 heteroatoms. The van der Waals surface area contributed by atoms with Crippen molar-refractivity contribution in [2.45, 2.75) is 18.4 Å². The summed E-state index contributed by atoms with van der Waals surface area (Å²) in [5.41, 5.74) is 8.54. The van der Waals surface area contributed by atoms with E-state index in [1.807, 2.05) is 59.5 Å². The largest absolute Gasteiger partial charge is 0.472 e. The molecular weight excluding hydrogens is 416 g/mol. The van der Waals surface area contributed by atoms with Crippen molar-refractivity contribution in [2.24, 2.45) is 16.6 Å². The number of piperidine rings is 1. The van der Waals surface area contributed by atoms with Crippen LogP contribution in [0.3, 0.4) is 0 Å². The molecule has 1 atom stereocenters. The van der Waals surface area contributed by atoms with Crippen LogP contribution in [0.1, 0.15) is 28.8 Å². The summed E-state index contributed by atoms with van der Waals surface area (Å²) in [6.45, 7) is 1.09. The Kier molecular flexibility index (Phi) is 5.24. The Morgan fingerprint density at radius 3 is 2.42 bits per heavy atom. The fraction of sp³-hybridized carbons (Fsp3) is 0.269. The van der Waals surface area contributed by atoms with Crippen LogP contribution in [0.2, 0.25) is 0 Å². The van der Waals surface area contributed by atoms with Crippen LogP contribution in [0, 0.1) is 5.92 Å². The summed E-state index contributed by atoms with van der Waals surface area (Å²) in [4.78, 5) is 34.4. The van der Waals surface area contributed by atoms with Gasteiger partial charge in [0.1, 0.15) is 6.26 Å². The summed E-state index contributed by atoms with van der Waals surface area (Å²) in [6.07, 6.45) is 4.26. The number of aliphatic imine (C=N–C) groups is 1. The lowest BCUT2D eigenvalue weighted by molar-refractivity contribution is -0.133. The molecule has 1 unspecified atom stereocenters. The minimum atomic E-state index is -1.09. The number of likely N-dealkylation sites (N-methyl/N-ethyl adjacent to an activating group) is 1. The standard InChI is InChI=1S/C26H26N4O3/c1-29-24(32)26(28-25(29)27,22-9-5-8-19(16-22)18-6-3-2-4-7-18)21-10-13-30(14-11-21)23(31)20-12-15-33-17-20/h2-9,12,15-17,21H,10-11,13-14H2,1H3,(H2,27,28). The number of furan rings is 1. The van der Waals surface area contributed by atoms with Gasteiger partial charge in [0.15, 0.2) is 11.5 Å². The van der Waals surface area contributed by atoms with Crippen molar-refractivity contribution in [2.75, 3.05) is 20.1 Å². The van der Waals surface area contributed by atoms with Crippen molar-refractivity contribution >= 4 is 17.8 Å². The van der Waals surface area contributed by atoms with E-state index in [1.54, 1.807) is 13.1 Å². The Balaban J connectivity index is 1.48. The zero-order valence-electron chi connectivity index (χ0n) is 18.5. The number of nitrogens with two attached hydrogens (primary N) is 1. The Morgan fingerprint density at radius 1 is 1.06 bits per heavy atom. The van der Waals surface area contributed by atoms with E-state index in [0.717, 1.165) is 16.7 Å². The highest BCUT2D eigenvalue weighted by Gasteiger charge is 2.54. The van der Waals surface area contributed by atoms with Gasteiger partial charge in [0, 0.05) is 26.1 Å². The third kappa shape index (κ3) is 3.50. The molecular formula is C26H26N4O3. The van der Waals surface area contributed by atoms with Crippen molar-refractivity contribution < 1.29 is 14.0 Å². The number of benzene rings is 2. The number of guanidine groups is 1. The molecule has 1 aromatic heterocycles. The van der Waals surface area contributed by atoms with Gasteiger partial charge in [-0.2, -0.15) is 0 Å². The maximum absolute atomic E-state index is 13.6. The summed E-state index contributed by atoms with van der Waals surface area (Å²) in [5.74, 6) is -0.0278. The second kappa shape index (κ2) is 8.24. The zero-order valence-corrected chi connectivity index (χ0v) is 18.5. The van der Waals surface area contributed by atoms with Crippen molar-refractivity contribution in [1.29, 1.82) is 0 Å². The molecule has 0 saturated carbocycles. The first-order valence-corrected chi connectivity index (χ1v) is 11.1. The van der Waals surface area contributed by atoms with Gasteiger partial charge in [0.2, 0.25) is 0 Å². The SMILES string of the molecule is CN1C(=O)C(c2cccc(-c3ccccc3)c2)(C2CCN(C(=O)c3ccoc3)CC2)N=C1N. The van der Waals surface area contributed by atoms with Gasteiger partial charge >= 0.3 is 0 Å². The van der Waals surface area contributed by atoms with Crippen molar-refractivity contribution in [1.82, 2.24) is 9.80 Å². The fourth-order valence-electron chi connectivity index (χ4n) is 4.99. The van der Waals surface area contributed by atoms with Crippen molar-refractivity contribution in [3.63, 3.8) is 0 Å². The number of hydrogen-bond donors (Lipinski definition) is 1. The second-order valence-electron chi connectivity index (χ2n) is 8.63. The van der Waals surface area contributed by atoms with E-state index in [2.05, 4.69) is 0 Å². The fourth-order valence-corrected chi connectivity index (χ4v) is 4.99. The van der Waals surface area contributed by atoms with Gasteiger partial charge in [0.25, 0.3) is 11.8 Å². The molecule has 0 spiro atoms. The van der Waals surface area contributed by atoms with Gasteiger partial charge in [-0.25, -0.2) is 4.99 Å². The van der Waals surface area contributed by atoms with E-state index in [0.29, 0.717) is 31.5 Å². The van der Waals surface area contributed by atoms with Gasteiger partial charge in [-0.05, 0) is 41.7 Å². The smallest absolute Gasteiger partial charge is 0.261 e. The number of amides is 2. The van der Waals surface area contributed by atoms with Crippen molar-refractivity contribution in [3.8, 4) is 11.1 Å². The van der Waals surface area contributed by atoms with Gasteiger partial charge in [-0.15, -0.1) is 0 Å². The number of hydrogen-bond acceptors (Lipinski definition) is 5. The highest BCUT2D eigenvalue weighted by molar-refractivity contribution is 6.07. The molecule has 5 rings (SSSR count). The maximum atomic E-state index is 13.6. The Morgan fingerprint density at radius 2 is 1.79 bits per heavy atom. The van der Waals surface area contributed by atoms with Crippen LogP contribution in [0.5, 0.6) is 0 Å². The van der Waals surface area contributed by atoms with E-state index in [-0.39, 0.29) is 23.7 Å². The quantitative estimate of drug-likeness (QED) is 0.670. The first kappa shape index (κ1) is 21.0. The van der Waals surface area contributed by atoms with E-state index < -0.39 is 5.54 Å². The molecule has 7 nitrogen and oxygen atoms in total. The summed E-state index contributed by atoms with van der Waals surface area (Å²) in [5, 5.41) is 0. The van der Waals surface area contributed by atoms with Gasteiger partial charge in [-0.3, -0.25) is 14.5 Å². The zero-order chi connectivity index (χ0) is 23.0. The van der Waals surface area contributed by atoms with Gasteiger partial charge in [0.05, 0.1) is 11.8 Å². The third-order valence-corrected chi connectivity index (χ3v) is 6.82. The molecule has 3 heterocycles. The lowest BCUT2D eigenvalue weighted by Gasteiger charge is -2.40. The van der Waals surface area contributed by atoms with Crippen LogP contribution in [0.4, 0.5) is 0 Å². The average Bonchev–Trinajstić information content (AvgIpc) is 3.48. The molecule has 0 bridgehead atoms. The molecule has 2 aliphatic heterocycles. The Bertz CT molecular complexity index is 1200. The predicted molar refractivity (Wildman–Crippen MR) is 125 cm³/mol. The predicted octanol–water partition coefficient (Wildman–Crippen LogP) is 3.48. The molecule has 1 saturated heterocycles. The number of rotatable bonds is 4. The maximum Gasteiger partial charge on any atom is 0.261 e. The summed E-state index contributed by atoms with van der Waals surface area (Å²) < 4.78 is 5.06. The monoisotopic (exact) mass is 442 g/mol. The molecule has 168 valence electrons. The molecule has 2 amide bonds. The highest BCUT2D eigenvalue weighted by atomic mass is 16.3. The first-order chi connectivity index (χ1) is 16.0. The number of nitrogens with zero attached hydrogens (tertiary/aromatic N) is 3. The minimum Gasteiger partial charge on any atom is -0.472 e. The van der Waals surface area contributed by atoms with Crippen LogP contribution in [0.25, 0.3) is 11.1 Å². The second-order valence-corrected chi connectivity index (χ2v) is 8.63. The molecule has 0 aliphatic carbocycles. The Labute approximate surface area is 192 Å². The molecule has 33 heavy (non-hydrogen) atoms. The van der Waals surface area contributed by atoms with E-state index in [9.17, 15) is 9.59 Å². The normalized spacial score (nSPS) is 21.4. The molecule has 2 aromatic carbocycles. The lowest BCUT2D eigenvalue weighted by Crippen LogP contribution is -2.49. The first-order valence-electron chi connectivity index (χ1n) is 11.1. The van der Waals surface area contributed by atoms with E-state index in [1.165, 1.54) is 17.4 Å². The van der Waals surface area contributed by atoms with Crippen molar-refractivity contribution in [3.05, 3.63) is 84.3 Å². The topological polar surface area (TPSA) is 92.1 Å². The molecule has 0 radical (unpaired) electrons. The van der Waals surface area contributed by atoms with E-state index in [4.69, 9.17) is 15.1 Å². The van der Waals surface area contributed by atoms with Gasteiger partial charge < -0.3 is 15.1 Å². The number of carbonyl (C=O) groups excluding carboxylic acids is 2. The molecule has 2 aliphatic rings. The van der Waals surface area contributed by atoms with Crippen LogP contribution >= 0.6 is 0 Å². The highest BCUT2D eigenvalue weighted by Crippen LogP contribution is 2.45. The van der Waals surface area contributed by atoms with Crippen LogP contribution in [-0.4, -0.2) is 47.7 Å². The summed E-state index contributed by atoms with van der Waals surface area (Å²) in [6, 6.07) is 19.8. The van der Waals surface area contributed by atoms with E-state index >= 15 is 0 Å². The van der Waals surface area contributed by atoms with Crippen LogP contribution in [-0.2, 0) is 10.3 Å². The summed E-state index contributed by atoms with van der Waals surface area (Å²) >= 11 is 0. The average molecular weight is 443 g/mol. The molecule has 2 N–H and O–H groups in total. The van der Waals surface area contributed by atoms with Gasteiger partial charge in [-0.1, -0.05) is 48.5 Å². The lowest BCUT2D eigenvalue weighted by atomic mass is 9.72. The molecule has 1 fully saturated rings. The minimum absolute atomic E-state index is 0.0554. The Hall–Kier alpha value is -3.87. The number of likely N-dealkylation sites (tertiary alicyclic amines) is 1. The molecule has 3 aromatic rings. The third-order valence-electron chi connectivity index (χ3n) is 6.82. The number of carbonyl (C=O) groups is 2. The van der Waals surface area contributed by atoms with Crippen LogP contribution < -0.4 is 5.73 Å². The summed E-state index contributed by atoms with van der Waals surface area (Å²) in [7, 11) is 1.67.